The van der Waals surface area contributed by atoms with Crippen LogP contribution in [-0.2, 0) is 0 Å². The van der Waals surface area contributed by atoms with Crippen LogP contribution in [0.15, 0.2) is 22.8 Å². The summed E-state index contributed by atoms with van der Waals surface area (Å²) in [5.74, 6) is 0.979. The van der Waals surface area contributed by atoms with Crippen LogP contribution in [-0.4, -0.2) is 0 Å². The largest absolute Gasteiger partial charge is 0.0804 e. The molecule has 0 heterocycles. The van der Waals surface area contributed by atoms with Crippen LogP contribution in [0.1, 0.15) is 32.1 Å². The van der Waals surface area contributed by atoms with Crippen molar-refractivity contribution in [2.24, 2.45) is 5.92 Å². The van der Waals surface area contributed by atoms with Crippen molar-refractivity contribution in [2.75, 3.05) is 0 Å². The fraction of sp³-hybridized carbons (Fsp3) is 0.600. The molecular weight excluding hydrogens is 120 g/mol. The molecule has 0 spiro atoms. The molecule has 1 unspecified atom stereocenters. The van der Waals surface area contributed by atoms with Crippen molar-refractivity contribution in [3.05, 3.63) is 22.8 Å². The molecule has 10 heavy (non-hydrogen) atoms. The number of hydrogen-bond acceptors (Lipinski definition) is 0. The van der Waals surface area contributed by atoms with Gasteiger partial charge in [0.05, 0.1) is 0 Å². The second-order valence-corrected chi connectivity index (χ2v) is 3.72. The molecule has 0 N–H and O–H groups in total. The quantitative estimate of drug-likeness (QED) is 0.475. The van der Waals surface area contributed by atoms with E-state index >= 15 is 0 Å². The average molecular weight is 132 g/mol. The van der Waals surface area contributed by atoms with E-state index in [0.29, 0.717) is 0 Å². The Hall–Kier alpha value is -0.520. The van der Waals surface area contributed by atoms with Crippen molar-refractivity contribution < 1.29 is 0 Å². The molecule has 0 aromatic rings. The van der Waals surface area contributed by atoms with Gasteiger partial charge in [0.25, 0.3) is 0 Å². The van der Waals surface area contributed by atoms with Crippen molar-refractivity contribution in [1.82, 2.24) is 0 Å². The standard InChI is InChI=1S/C10H12/c1-2-9-7-4-5-8(6-7)10(9)3-1/h4,8H,1-3,5-6H2. The van der Waals surface area contributed by atoms with Gasteiger partial charge in [-0.15, -0.1) is 0 Å². The Morgan fingerprint density at radius 2 is 2.30 bits per heavy atom. The van der Waals surface area contributed by atoms with Crippen molar-refractivity contribution in [3.8, 4) is 0 Å². The lowest BCUT2D eigenvalue weighted by molar-refractivity contribution is 0.650. The molecule has 0 heteroatoms. The fourth-order valence-electron chi connectivity index (χ4n) is 2.81. The molecule has 0 radical (unpaired) electrons. The Bertz CT molecular complexity index is 243. The van der Waals surface area contributed by atoms with Crippen molar-refractivity contribution in [1.29, 1.82) is 0 Å². The van der Waals surface area contributed by atoms with Crippen molar-refractivity contribution in [3.63, 3.8) is 0 Å². The maximum Gasteiger partial charge on any atom is -0.0122 e. The molecule has 1 atom stereocenters. The number of fused-ring (bicyclic) bond motifs is 4. The topological polar surface area (TPSA) is 0 Å². The van der Waals surface area contributed by atoms with Crippen LogP contribution in [0.25, 0.3) is 0 Å². The van der Waals surface area contributed by atoms with E-state index in [4.69, 9.17) is 0 Å². The summed E-state index contributed by atoms with van der Waals surface area (Å²) in [4.78, 5) is 0. The van der Waals surface area contributed by atoms with Crippen LogP contribution in [0, 0.1) is 5.92 Å². The van der Waals surface area contributed by atoms with E-state index in [9.17, 15) is 0 Å². The minimum atomic E-state index is 0.979. The van der Waals surface area contributed by atoms with Gasteiger partial charge >= 0.3 is 0 Å². The van der Waals surface area contributed by atoms with Crippen LogP contribution >= 0.6 is 0 Å². The lowest BCUT2D eigenvalue weighted by Crippen LogP contribution is -1.93. The molecule has 0 aromatic carbocycles. The summed E-state index contributed by atoms with van der Waals surface area (Å²) in [6, 6.07) is 0. The Morgan fingerprint density at radius 3 is 3.20 bits per heavy atom. The molecule has 3 aliphatic rings. The van der Waals surface area contributed by atoms with Gasteiger partial charge in [-0.2, -0.15) is 0 Å². The second kappa shape index (κ2) is 1.55. The third-order valence-electron chi connectivity index (χ3n) is 3.26. The summed E-state index contributed by atoms with van der Waals surface area (Å²) in [6.45, 7) is 0. The number of hydrogen-bond donors (Lipinski definition) is 0. The normalized spacial score (nSPS) is 35.2. The Kier molecular flexibility index (Phi) is 0.803. The van der Waals surface area contributed by atoms with Crippen LogP contribution in [0.3, 0.4) is 0 Å². The van der Waals surface area contributed by atoms with Gasteiger partial charge in [0.15, 0.2) is 0 Å². The van der Waals surface area contributed by atoms with Crippen LogP contribution in [0.2, 0.25) is 0 Å². The molecule has 52 valence electrons. The molecule has 0 saturated carbocycles. The number of rotatable bonds is 0. The van der Waals surface area contributed by atoms with Gasteiger partial charge in [0, 0.05) is 0 Å². The van der Waals surface area contributed by atoms with Gasteiger partial charge in [-0.1, -0.05) is 11.6 Å². The predicted molar refractivity (Wildman–Crippen MR) is 41.7 cm³/mol. The maximum absolute atomic E-state index is 2.47. The van der Waals surface area contributed by atoms with Gasteiger partial charge in [-0.05, 0) is 49.2 Å². The SMILES string of the molecule is C1=C2CC(C1)C1=C2CCC1. The van der Waals surface area contributed by atoms with Gasteiger partial charge in [0.2, 0.25) is 0 Å². The molecule has 3 rings (SSSR count). The molecule has 0 amide bonds. The van der Waals surface area contributed by atoms with E-state index in [1.807, 2.05) is 5.57 Å². The van der Waals surface area contributed by atoms with Crippen molar-refractivity contribution in [2.45, 2.75) is 32.1 Å². The van der Waals surface area contributed by atoms with Gasteiger partial charge in [-0.25, -0.2) is 0 Å². The zero-order valence-electron chi connectivity index (χ0n) is 6.19. The molecule has 0 nitrogen and oxygen atoms in total. The minimum Gasteiger partial charge on any atom is -0.0804 e. The molecule has 0 aromatic heterocycles. The van der Waals surface area contributed by atoms with E-state index in [2.05, 4.69) is 6.08 Å². The van der Waals surface area contributed by atoms with Crippen molar-refractivity contribution >= 4 is 0 Å². The molecule has 2 bridgehead atoms. The van der Waals surface area contributed by atoms with E-state index in [1.165, 1.54) is 32.1 Å². The fourth-order valence-corrected chi connectivity index (χ4v) is 2.81. The van der Waals surface area contributed by atoms with Gasteiger partial charge < -0.3 is 0 Å². The summed E-state index contributed by atoms with van der Waals surface area (Å²) >= 11 is 0. The first-order valence-electron chi connectivity index (χ1n) is 4.36. The average Bonchev–Trinajstić information content (AvgIpc) is 2.60. The second-order valence-electron chi connectivity index (χ2n) is 3.72. The van der Waals surface area contributed by atoms with E-state index < -0.39 is 0 Å². The van der Waals surface area contributed by atoms with Crippen LogP contribution < -0.4 is 0 Å². The smallest absolute Gasteiger partial charge is 0.0122 e. The van der Waals surface area contributed by atoms with Gasteiger partial charge in [-0.3, -0.25) is 0 Å². The highest BCUT2D eigenvalue weighted by atomic mass is 14.4. The Morgan fingerprint density at radius 1 is 1.30 bits per heavy atom. The lowest BCUT2D eigenvalue weighted by atomic mass is 9.98. The lowest BCUT2D eigenvalue weighted by Gasteiger charge is -2.07. The van der Waals surface area contributed by atoms with E-state index in [1.54, 1.807) is 11.1 Å². The molecule has 0 aliphatic heterocycles. The minimum absolute atomic E-state index is 0.979. The Labute approximate surface area is 61.6 Å². The highest BCUT2D eigenvalue weighted by molar-refractivity contribution is 5.49. The van der Waals surface area contributed by atoms with E-state index in [0.717, 1.165) is 5.92 Å². The Balaban J connectivity index is 2.15. The maximum atomic E-state index is 2.47. The molecular formula is C10H12. The monoisotopic (exact) mass is 132 g/mol. The summed E-state index contributed by atoms with van der Waals surface area (Å²) < 4.78 is 0. The molecule has 3 aliphatic carbocycles. The summed E-state index contributed by atoms with van der Waals surface area (Å²) in [5, 5.41) is 0. The third kappa shape index (κ3) is 0.448. The zero-order chi connectivity index (χ0) is 6.55. The molecule has 0 saturated heterocycles. The van der Waals surface area contributed by atoms with Crippen LogP contribution in [0.5, 0.6) is 0 Å². The first kappa shape index (κ1) is 5.17. The highest BCUT2D eigenvalue weighted by Gasteiger charge is 2.34. The van der Waals surface area contributed by atoms with Gasteiger partial charge in [0.1, 0.15) is 0 Å². The van der Waals surface area contributed by atoms with E-state index in [-0.39, 0.29) is 0 Å². The first-order chi connectivity index (χ1) is 4.95. The summed E-state index contributed by atoms with van der Waals surface area (Å²) in [6.07, 6.45) is 9.52. The molecule has 0 fully saturated rings. The highest BCUT2D eigenvalue weighted by Crippen LogP contribution is 2.51. The third-order valence-corrected chi connectivity index (χ3v) is 3.26. The number of allylic oxidation sites excluding steroid dienone is 4. The predicted octanol–water partition coefficient (Wildman–Crippen LogP) is 2.82. The zero-order valence-corrected chi connectivity index (χ0v) is 6.19. The van der Waals surface area contributed by atoms with Crippen LogP contribution in [0.4, 0.5) is 0 Å². The first-order valence-corrected chi connectivity index (χ1v) is 4.36. The summed E-state index contributed by atoms with van der Waals surface area (Å²) in [5.41, 5.74) is 5.34. The summed E-state index contributed by atoms with van der Waals surface area (Å²) in [7, 11) is 0.